The van der Waals surface area contributed by atoms with Crippen molar-refractivity contribution < 1.29 is 14.7 Å². The van der Waals surface area contributed by atoms with Crippen molar-refractivity contribution in [3.8, 4) is 0 Å². The van der Waals surface area contributed by atoms with Crippen molar-refractivity contribution in [1.82, 2.24) is 5.32 Å². The van der Waals surface area contributed by atoms with Crippen molar-refractivity contribution in [2.24, 2.45) is 11.8 Å². The van der Waals surface area contributed by atoms with Gasteiger partial charge in [0.2, 0.25) is 5.91 Å². The number of carbonyl (C=O) groups is 2. The van der Waals surface area contributed by atoms with Gasteiger partial charge in [-0.25, -0.2) is 4.79 Å². The van der Waals surface area contributed by atoms with Crippen molar-refractivity contribution >= 4 is 11.9 Å². The van der Waals surface area contributed by atoms with Gasteiger partial charge in [-0.15, -0.1) is 0 Å². The number of carbonyl (C=O) groups excluding carboxylic acids is 1. The second-order valence-electron chi connectivity index (χ2n) is 4.37. The molecule has 1 unspecified atom stereocenters. The predicted molar refractivity (Wildman–Crippen MR) is 49.6 cm³/mol. The third-order valence-electron chi connectivity index (χ3n) is 2.85. The SMILES string of the molecule is O=C(CC1CC1)NC(C(=O)O)C1CC1. The predicted octanol–water partition coefficient (Wildman–Crippen LogP) is 0.766. The average molecular weight is 197 g/mol. The van der Waals surface area contributed by atoms with Crippen molar-refractivity contribution in [2.75, 3.05) is 0 Å². The Balaban J connectivity index is 1.79. The van der Waals surface area contributed by atoms with E-state index in [1.54, 1.807) is 0 Å². The molecule has 1 amide bonds. The maximum absolute atomic E-state index is 11.4. The molecule has 2 fully saturated rings. The maximum Gasteiger partial charge on any atom is 0.326 e. The van der Waals surface area contributed by atoms with Gasteiger partial charge in [-0.05, 0) is 37.5 Å². The number of aliphatic carboxylic acids is 1. The Hall–Kier alpha value is -1.06. The minimum absolute atomic E-state index is 0.0909. The number of amides is 1. The van der Waals surface area contributed by atoms with E-state index in [4.69, 9.17) is 5.11 Å². The topological polar surface area (TPSA) is 66.4 Å². The fraction of sp³-hybridized carbons (Fsp3) is 0.800. The number of carboxylic acid groups (broad SMARTS) is 1. The fourth-order valence-corrected chi connectivity index (χ4v) is 1.63. The van der Waals surface area contributed by atoms with Crippen molar-refractivity contribution in [3.63, 3.8) is 0 Å². The number of rotatable bonds is 5. The standard InChI is InChI=1S/C10H15NO3/c12-8(5-6-1-2-6)11-9(10(13)14)7-3-4-7/h6-7,9H,1-5H2,(H,11,12)(H,13,14). The highest BCUT2D eigenvalue weighted by Gasteiger charge is 2.37. The van der Waals surface area contributed by atoms with Crippen LogP contribution in [0.25, 0.3) is 0 Å². The van der Waals surface area contributed by atoms with E-state index in [1.807, 2.05) is 0 Å². The minimum atomic E-state index is -0.892. The van der Waals surface area contributed by atoms with E-state index >= 15 is 0 Å². The summed E-state index contributed by atoms with van der Waals surface area (Å²) in [6, 6.07) is -0.638. The summed E-state index contributed by atoms with van der Waals surface area (Å²) in [7, 11) is 0. The van der Waals surface area contributed by atoms with Gasteiger partial charge in [0.25, 0.3) is 0 Å². The van der Waals surface area contributed by atoms with E-state index in [0.717, 1.165) is 25.7 Å². The molecule has 4 nitrogen and oxygen atoms in total. The first-order valence-corrected chi connectivity index (χ1v) is 5.19. The van der Waals surface area contributed by atoms with E-state index in [1.165, 1.54) is 0 Å². The molecule has 0 bridgehead atoms. The number of carboxylic acids is 1. The molecule has 14 heavy (non-hydrogen) atoms. The second-order valence-corrected chi connectivity index (χ2v) is 4.37. The van der Waals surface area contributed by atoms with Crippen LogP contribution in [0.4, 0.5) is 0 Å². The summed E-state index contributed by atoms with van der Waals surface area (Å²) in [5.74, 6) is -0.289. The van der Waals surface area contributed by atoms with Crippen LogP contribution >= 0.6 is 0 Å². The third kappa shape index (κ3) is 2.47. The molecule has 2 aliphatic rings. The van der Waals surface area contributed by atoms with Gasteiger partial charge in [0.1, 0.15) is 6.04 Å². The Labute approximate surface area is 82.7 Å². The van der Waals surface area contributed by atoms with Gasteiger partial charge in [0.15, 0.2) is 0 Å². The Bertz CT molecular complexity index is 256. The normalized spacial score (nSPS) is 22.9. The molecular weight excluding hydrogens is 182 g/mol. The molecule has 2 rings (SSSR count). The first-order valence-electron chi connectivity index (χ1n) is 5.19. The molecule has 0 heterocycles. The van der Waals surface area contributed by atoms with Crippen LogP contribution in [0.5, 0.6) is 0 Å². The molecule has 2 saturated carbocycles. The van der Waals surface area contributed by atoms with Crippen molar-refractivity contribution in [3.05, 3.63) is 0 Å². The molecule has 0 aliphatic heterocycles. The summed E-state index contributed by atoms with van der Waals surface area (Å²) >= 11 is 0. The quantitative estimate of drug-likeness (QED) is 0.684. The zero-order valence-corrected chi connectivity index (χ0v) is 8.03. The second kappa shape index (κ2) is 3.59. The Kier molecular flexibility index (Phi) is 2.44. The van der Waals surface area contributed by atoms with Gasteiger partial charge in [-0.3, -0.25) is 4.79 Å². The van der Waals surface area contributed by atoms with E-state index < -0.39 is 12.0 Å². The number of nitrogens with one attached hydrogen (secondary N) is 1. The van der Waals surface area contributed by atoms with Crippen molar-refractivity contribution in [2.45, 2.75) is 38.1 Å². The molecule has 0 spiro atoms. The molecule has 0 radical (unpaired) electrons. The lowest BCUT2D eigenvalue weighted by Gasteiger charge is -2.12. The molecule has 4 heteroatoms. The van der Waals surface area contributed by atoms with Crippen LogP contribution in [0.2, 0.25) is 0 Å². The van der Waals surface area contributed by atoms with Crippen LogP contribution in [-0.4, -0.2) is 23.0 Å². The van der Waals surface area contributed by atoms with Crippen LogP contribution in [0.1, 0.15) is 32.1 Å². The van der Waals surface area contributed by atoms with E-state index in [2.05, 4.69) is 5.32 Å². The highest BCUT2D eigenvalue weighted by Crippen LogP contribution is 2.34. The summed E-state index contributed by atoms with van der Waals surface area (Å²) in [5, 5.41) is 11.5. The van der Waals surface area contributed by atoms with Crippen LogP contribution in [-0.2, 0) is 9.59 Å². The largest absolute Gasteiger partial charge is 0.480 e. The van der Waals surface area contributed by atoms with Crippen molar-refractivity contribution in [1.29, 1.82) is 0 Å². The lowest BCUT2D eigenvalue weighted by molar-refractivity contribution is -0.142. The fourth-order valence-electron chi connectivity index (χ4n) is 1.63. The molecule has 1 atom stereocenters. The third-order valence-corrected chi connectivity index (χ3v) is 2.85. The number of hydrogen-bond acceptors (Lipinski definition) is 2. The molecule has 0 saturated heterocycles. The van der Waals surface area contributed by atoms with Gasteiger partial charge < -0.3 is 10.4 Å². The smallest absolute Gasteiger partial charge is 0.326 e. The van der Waals surface area contributed by atoms with E-state index in [0.29, 0.717) is 12.3 Å². The van der Waals surface area contributed by atoms with Crippen LogP contribution in [0.3, 0.4) is 0 Å². The minimum Gasteiger partial charge on any atom is -0.480 e. The monoisotopic (exact) mass is 197 g/mol. The molecule has 0 aromatic carbocycles. The van der Waals surface area contributed by atoms with E-state index in [9.17, 15) is 9.59 Å². The zero-order chi connectivity index (χ0) is 10.1. The molecule has 0 aromatic rings. The zero-order valence-electron chi connectivity index (χ0n) is 8.03. The average Bonchev–Trinajstić information content (AvgIpc) is 2.93. The molecule has 2 N–H and O–H groups in total. The maximum atomic E-state index is 11.4. The molecule has 78 valence electrons. The van der Waals surface area contributed by atoms with Crippen LogP contribution in [0, 0.1) is 11.8 Å². The summed E-state index contributed by atoms with van der Waals surface area (Å²) in [5.41, 5.74) is 0. The Morgan fingerprint density at radius 3 is 2.36 bits per heavy atom. The van der Waals surface area contributed by atoms with Crippen LogP contribution in [0.15, 0.2) is 0 Å². The number of hydrogen-bond donors (Lipinski definition) is 2. The van der Waals surface area contributed by atoms with Crippen LogP contribution < -0.4 is 5.32 Å². The molecule has 0 aromatic heterocycles. The first kappa shape index (κ1) is 9.49. The Morgan fingerprint density at radius 1 is 1.29 bits per heavy atom. The lowest BCUT2D eigenvalue weighted by atomic mass is 10.1. The lowest BCUT2D eigenvalue weighted by Crippen LogP contribution is -2.42. The van der Waals surface area contributed by atoms with Gasteiger partial charge in [-0.1, -0.05) is 0 Å². The van der Waals surface area contributed by atoms with Gasteiger partial charge in [-0.2, -0.15) is 0 Å². The highest BCUT2D eigenvalue weighted by atomic mass is 16.4. The summed E-state index contributed by atoms with van der Waals surface area (Å²) in [6.45, 7) is 0. The Morgan fingerprint density at radius 2 is 1.93 bits per heavy atom. The van der Waals surface area contributed by atoms with E-state index in [-0.39, 0.29) is 11.8 Å². The summed E-state index contributed by atoms with van der Waals surface area (Å²) in [4.78, 5) is 22.2. The van der Waals surface area contributed by atoms with Gasteiger partial charge >= 0.3 is 5.97 Å². The summed E-state index contributed by atoms with van der Waals surface area (Å²) in [6.07, 6.45) is 4.61. The first-order chi connectivity index (χ1) is 6.66. The van der Waals surface area contributed by atoms with Gasteiger partial charge in [0.05, 0.1) is 0 Å². The molecule has 2 aliphatic carbocycles. The summed E-state index contributed by atoms with van der Waals surface area (Å²) < 4.78 is 0. The highest BCUT2D eigenvalue weighted by molar-refractivity contribution is 5.84. The van der Waals surface area contributed by atoms with Gasteiger partial charge in [0, 0.05) is 6.42 Å². The molecular formula is C10H15NO3.